The highest BCUT2D eigenvalue weighted by Gasteiger charge is 2.21. The summed E-state index contributed by atoms with van der Waals surface area (Å²) in [6.45, 7) is 4.80. The number of nitriles is 1. The van der Waals surface area contributed by atoms with E-state index in [-0.39, 0.29) is 17.1 Å². The number of nitrogens with one attached hydrogen (secondary N) is 1. The minimum Gasteiger partial charge on any atom is -0.492 e. The summed E-state index contributed by atoms with van der Waals surface area (Å²) in [4.78, 5) is 19.5. The maximum absolute atomic E-state index is 12.8. The SMILES string of the molecule is CN(C)C(C)(C)COc1ccc(Nc2nc(N)c(C(=O)c3cccc(C#N)c3)s2)cc1. The van der Waals surface area contributed by atoms with Gasteiger partial charge in [-0.3, -0.25) is 4.79 Å². The van der Waals surface area contributed by atoms with Crippen molar-refractivity contribution in [1.82, 2.24) is 9.88 Å². The van der Waals surface area contributed by atoms with Crippen molar-refractivity contribution < 1.29 is 9.53 Å². The van der Waals surface area contributed by atoms with E-state index in [0.717, 1.165) is 11.4 Å². The van der Waals surface area contributed by atoms with Crippen molar-refractivity contribution in [2.24, 2.45) is 0 Å². The fourth-order valence-corrected chi connectivity index (χ4v) is 3.42. The number of likely N-dealkylation sites (N-methyl/N-ethyl adjacent to an activating group) is 1. The van der Waals surface area contributed by atoms with Crippen LogP contribution in [0.4, 0.5) is 16.6 Å². The van der Waals surface area contributed by atoms with E-state index in [0.29, 0.717) is 27.7 Å². The number of carbonyl (C=O) groups excluding carboxylic acids is 1. The zero-order chi connectivity index (χ0) is 22.6. The standard InChI is InChI=1S/C23H25N5O2S/c1-23(2,28(3)4)14-30-18-10-8-17(9-11-18)26-22-27-21(25)20(31-22)19(29)16-7-5-6-15(12-16)13-24/h5-12H,14,25H2,1-4H3,(H,26,27). The largest absolute Gasteiger partial charge is 0.492 e. The minimum atomic E-state index is -0.257. The molecule has 0 amide bonds. The van der Waals surface area contributed by atoms with Gasteiger partial charge in [0.1, 0.15) is 23.1 Å². The molecule has 0 unspecified atom stereocenters. The van der Waals surface area contributed by atoms with E-state index in [1.165, 1.54) is 11.3 Å². The number of thiazole rings is 1. The van der Waals surface area contributed by atoms with Crippen molar-refractivity contribution in [2.75, 3.05) is 31.8 Å². The Morgan fingerprint density at radius 1 is 1.26 bits per heavy atom. The Bertz CT molecular complexity index is 1110. The van der Waals surface area contributed by atoms with Crippen LogP contribution in [-0.2, 0) is 0 Å². The first-order valence-electron chi connectivity index (χ1n) is 9.68. The van der Waals surface area contributed by atoms with Crippen LogP contribution in [0.15, 0.2) is 48.5 Å². The first kappa shape index (κ1) is 22.3. The normalized spacial score (nSPS) is 11.2. The molecule has 0 radical (unpaired) electrons. The molecule has 3 N–H and O–H groups in total. The smallest absolute Gasteiger partial charge is 0.206 e. The van der Waals surface area contributed by atoms with Crippen LogP contribution < -0.4 is 15.8 Å². The van der Waals surface area contributed by atoms with Crippen molar-refractivity contribution in [2.45, 2.75) is 19.4 Å². The summed E-state index contributed by atoms with van der Waals surface area (Å²) in [5.41, 5.74) is 7.53. The number of nitrogen functional groups attached to an aromatic ring is 1. The molecule has 7 nitrogen and oxygen atoms in total. The maximum atomic E-state index is 12.8. The minimum absolute atomic E-state index is 0.0783. The number of rotatable bonds is 8. The van der Waals surface area contributed by atoms with Gasteiger partial charge in [0.25, 0.3) is 0 Å². The lowest BCUT2D eigenvalue weighted by Gasteiger charge is -2.32. The van der Waals surface area contributed by atoms with E-state index in [4.69, 9.17) is 15.7 Å². The van der Waals surface area contributed by atoms with E-state index in [1.54, 1.807) is 24.3 Å². The molecule has 0 aliphatic rings. The molecule has 0 aliphatic carbocycles. The molecule has 0 aliphatic heterocycles. The molecular formula is C23H25N5O2S. The highest BCUT2D eigenvalue weighted by atomic mass is 32.1. The topological polar surface area (TPSA) is 104 Å². The molecule has 160 valence electrons. The third-order valence-corrected chi connectivity index (χ3v) is 6.01. The van der Waals surface area contributed by atoms with Crippen molar-refractivity contribution in [3.63, 3.8) is 0 Å². The molecule has 3 aromatic rings. The number of benzene rings is 2. The number of nitrogens with zero attached hydrogens (tertiary/aromatic N) is 3. The summed E-state index contributed by atoms with van der Waals surface area (Å²) in [5, 5.41) is 12.7. The van der Waals surface area contributed by atoms with Crippen LogP contribution in [0, 0.1) is 11.3 Å². The molecule has 1 heterocycles. The number of hydrogen-bond acceptors (Lipinski definition) is 8. The fourth-order valence-electron chi connectivity index (χ4n) is 2.56. The summed E-state index contributed by atoms with van der Waals surface area (Å²) >= 11 is 1.18. The summed E-state index contributed by atoms with van der Waals surface area (Å²) in [5.74, 6) is 0.672. The third-order valence-electron chi connectivity index (χ3n) is 5.02. The summed E-state index contributed by atoms with van der Waals surface area (Å²) in [7, 11) is 4.05. The van der Waals surface area contributed by atoms with E-state index in [2.05, 4.69) is 29.0 Å². The molecule has 2 aromatic carbocycles. The van der Waals surface area contributed by atoms with Gasteiger partial charge < -0.3 is 20.7 Å². The highest BCUT2D eigenvalue weighted by molar-refractivity contribution is 7.18. The Morgan fingerprint density at radius 3 is 2.61 bits per heavy atom. The Kier molecular flexibility index (Phi) is 6.59. The first-order chi connectivity index (χ1) is 14.7. The van der Waals surface area contributed by atoms with Gasteiger partial charge in [-0.1, -0.05) is 23.5 Å². The lowest BCUT2D eigenvalue weighted by Crippen LogP contribution is -2.43. The monoisotopic (exact) mass is 435 g/mol. The lowest BCUT2D eigenvalue weighted by atomic mass is 10.1. The van der Waals surface area contributed by atoms with E-state index < -0.39 is 0 Å². The van der Waals surface area contributed by atoms with Crippen LogP contribution in [0.5, 0.6) is 5.75 Å². The van der Waals surface area contributed by atoms with Crippen molar-refractivity contribution >= 4 is 33.8 Å². The van der Waals surface area contributed by atoms with Gasteiger partial charge in [-0.15, -0.1) is 0 Å². The molecule has 0 bridgehead atoms. The Morgan fingerprint density at radius 2 is 1.97 bits per heavy atom. The molecular weight excluding hydrogens is 410 g/mol. The molecule has 0 atom stereocenters. The van der Waals surface area contributed by atoms with E-state index in [9.17, 15) is 4.79 Å². The molecule has 0 fully saturated rings. The molecule has 0 saturated heterocycles. The van der Waals surface area contributed by atoms with Crippen LogP contribution in [0.1, 0.15) is 34.6 Å². The number of aromatic nitrogens is 1. The fraction of sp³-hybridized carbons (Fsp3) is 0.261. The average molecular weight is 436 g/mol. The number of carbonyl (C=O) groups is 1. The van der Waals surface area contributed by atoms with Crippen LogP contribution in [0.25, 0.3) is 0 Å². The number of hydrogen-bond donors (Lipinski definition) is 2. The van der Waals surface area contributed by atoms with Gasteiger partial charge in [-0.05, 0) is 64.3 Å². The molecule has 0 spiro atoms. The quantitative estimate of drug-likeness (QED) is 0.509. The predicted octanol–water partition coefficient (Wildman–Crippen LogP) is 4.29. The number of nitrogens with two attached hydrogens (primary N) is 1. The first-order valence-corrected chi connectivity index (χ1v) is 10.5. The Hall–Kier alpha value is -3.41. The van der Waals surface area contributed by atoms with Crippen molar-refractivity contribution in [3.05, 3.63) is 64.5 Å². The van der Waals surface area contributed by atoms with Gasteiger partial charge in [0.05, 0.1) is 11.6 Å². The zero-order valence-corrected chi connectivity index (χ0v) is 18.8. The Balaban J connectivity index is 1.69. The molecule has 8 heteroatoms. The van der Waals surface area contributed by atoms with Crippen LogP contribution in [0.3, 0.4) is 0 Å². The second kappa shape index (κ2) is 9.16. The lowest BCUT2D eigenvalue weighted by molar-refractivity contribution is 0.104. The van der Waals surface area contributed by atoms with Gasteiger partial charge in [-0.2, -0.15) is 5.26 Å². The highest BCUT2D eigenvalue weighted by Crippen LogP contribution is 2.30. The number of anilines is 3. The predicted molar refractivity (Wildman–Crippen MR) is 124 cm³/mol. The second-order valence-electron chi connectivity index (χ2n) is 7.90. The van der Waals surface area contributed by atoms with E-state index >= 15 is 0 Å². The van der Waals surface area contributed by atoms with Gasteiger partial charge in [0.15, 0.2) is 5.13 Å². The second-order valence-corrected chi connectivity index (χ2v) is 8.90. The molecule has 3 rings (SSSR count). The Labute approximate surface area is 186 Å². The van der Waals surface area contributed by atoms with Gasteiger partial charge in [0.2, 0.25) is 5.78 Å². The third kappa shape index (κ3) is 5.40. The zero-order valence-electron chi connectivity index (χ0n) is 18.0. The van der Waals surface area contributed by atoms with Crippen molar-refractivity contribution in [1.29, 1.82) is 5.26 Å². The molecule has 0 saturated carbocycles. The van der Waals surface area contributed by atoms with Gasteiger partial charge >= 0.3 is 0 Å². The molecule has 1 aromatic heterocycles. The van der Waals surface area contributed by atoms with Crippen molar-refractivity contribution in [3.8, 4) is 11.8 Å². The van der Waals surface area contributed by atoms with E-state index in [1.807, 2.05) is 44.4 Å². The summed E-state index contributed by atoms with van der Waals surface area (Å²) in [6, 6.07) is 16.1. The maximum Gasteiger partial charge on any atom is 0.206 e. The van der Waals surface area contributed by atoms with Crippen LogP contribution >= 0.6 is 11.3 Å². The van der Waals surface area contributed by atoms with Gasteiger partial charge in [-0.25, -0.2) is 4.98 Å². The number of ether oxygens (including phenoxy) is 1. The summed E-state index contributed by atoms with van der Waals surface area (Å²) < 4.78 is 5.89. The number of ketones is 1. The van der Waals surface area contributed by atoms with Crippen LogP contribution in [-0.4, -0.2) is 41.9 Å². The van der Waals surface area contributed by atoms with Gasteiger partial charge in [0, 0.05) is 16.8 Å². The average Bonchev–Trinajstić information content (AvgIpc) is 3.12. The van der Waals surface area contributed by atoms with Crippen LogP contribution in [0.2, 0.25) is 0 Å². The molecule has 31 heavy (non-hydrogen) atoms. The summed E-state index contributed by atoms with van der Waals surface area (Å²) in [6.07, 6.45) is 0.